The lowest BCUT2D eigenvalue weighted by atomic mass is 9.95. The standard InChI is InChI=1S/C9H14O2/c1-2-4-8(5-3-1)9-10-6-7-11-9/h2,4,8-9H,1,3,5-7H2. The van der Waals surface area contributed by atoms with Crippen LogP contribution in [0.4, 0.5) is 0 Å². The summed E-state index contributed by atoms with van der Waals surface area (Å²) in [7, 11) is 0. The second-order valence-electron chi connectivity index (χ2n) is 3.13. The van der Waals surface area contributed by atoms with Crippen LogP contribution in [0.5, 0.6) is 0 Å². The van der Waals surface area contributed by atoms with Crippen molar-refractivity contribution in [2.75, 3.05) is 13.2 Å². The molecule has 0 saturated carbocycles. The van der Waals surface area contributed by atoms with Crippen molar-refractivity contribution in [3.05, 3.63) is 12.2 Å². The van der Waals surface area contributed by atoms with E-state index >= 15 is 0 Å². The second kappa shape index (κ2) is 3.37. The molecule has 0 radical (unpaired) electrons. The van der Waals surface area contributed by atoms with E-state index in [4.69, 9.17) is 9.47 Å². The van der Waals surface area contributed by atoms with Gasteiger partial charge in [-0.3, -0.25) is 0 Å². The highest BCUT2D eigenvalue weighted by atomic mass is 16.7. The first-order chi connectivity index (χ1) is 5.47. The van der Waals surface area contributed by atoms with Gasteiger partial charge in [-0.15, -0.1) is 0 Å². The molecule has 2 nitrogen and oxygen atoms in total. The molecule has 0 N–H and O–H groups in total. The Morgan fingerprint density at radius 1 is 1.18 bits per heavy atom. The molecular weight excluding hydrogens is 140 g/mol. The van der Waals surface area contributed by atoms with Crippen molar-refractivity contribution in [3.63, 3.8) is 0 Å². The van der Waals surface area contributed by atoms with Gasteiger partial charge in [0.1, 0.15) is 0 Å². The van der Waals surface area contributed by atoms with E-state index in [0.29, 0.717) is 5.92 Å². The highest BCUT2D eigenvalue weighted by Crippen LogP contribution is 2.25. The molecule has 1 atom stereocenters. The summed E-state index contributed by atoms with van der Waals surface area (Å²) in [6.45, 7) is 1.55. The predicted molar refractivity (Wildman–Crippen MR) is 42.2 cm³/mol. The molecule has 0 amide bonds. The molecule has 1 fully saturated rings. The van der Waals surface area contributed by atoms with Crippen LogP contribution in [0.25, 0.3) is 0 Å². The average Bonchev–Trinajstić information content (AvgIpc) is 2.58. The van der Waals surface area contributed by atoms with Gasteiger partial charge >= 0.3 is 0 Å². The molecule has 11 heavy (non-hydrogen) atoms. The number of ether oxygens (including phenoxy) is 2. The van der Waals surface area contributed by atoms with Gasteiger partial charge in [-0.25, -0.2) is 0 Å². The molecule has 0 bridgehead atoms. The topological polar surface area (TPSA) is 18.5 Å². The van der Waals surface area contributed by atoms with E-state index in [9.17, 15) is 0 Å². The molecular formula is C9H14O2. The SMILES string of the molecule is C1=CC(C2OCCO2)CCC1. The summed E-state index contributed by atoms with van der Waals surface area (Å²) in [4.78, 5) is 0. The van der Waals surface area contributed by atoms with Crippen molar-refractivity contribution < 1.29 is 9.47 Å². The van der Waals surface area contributed by atoms with Gasteiger partial charge in [0.15, 0.2) is 6.29 Å². The summed E-state index contributed by atoms with van der Waals surface area (Å²) in [5, 5.41) is 0. The monoisotopic (exact) mass is 154 g/mol. The van der Waals surface area contributed by atoms with Crippen LogP contribution in [-0.4, -0.2) is 19.5 Å². The summed E-state index contributed by atoms with van der Waals surface area (Å²) in [5.74, 6) is 0.520. The van der Waals surface area contributed by atoms with Gasteiger partial charge in [-0.05, 0) is 19.3 Å². The lowest BCUT2D eigenvalue weighted by molar-refractivity contribution is -0.0732. The van der Waals surface area contributed by atoms with Crippen molar-refractivity contribution in [3.8, 4) is 0 Å². The van der Waals surface area contributed by atoms with Gasteiger partial charge in [-0.2, -0.15) is 0 Å². The zero-order valence-corrected chi connectivity index (χ0v) is 6.66. The highest BCUT2D eigenvalue weighted by Gasteiger charge is 2.25. The molecule has 2 rings (SSSR count). The summed E-state index contributed by atoms with van der Waals surface area (Å²) >= 11 is 0. The van der Waals surface area contributed by atoms with Crippen LogP contribution in [0.1, 0.15) is 19.3 Å². The Labute approximate surface area is 67.2 Å². The zero-order chi connectivity index (χ0) is 7.52. The van der Waals surface area contributed by atoms with E-state index in [1.807, 2.05) is 0 Å². The molecule has 0 aromatic carbocycles. The Morgan fingerprint density at radius 2 is 2.00 bits per heavy atom. The first kappa shape index (κ1) is 7.32. The zero-order valence-electron chi connectivity index (χ0n) is 6.66. The third kappa shape index (κ3) is 1.63. The van der Waals surface area contributed by atoms with Crippen molar-refractivity contribution in [2.45, 2.75) is 25.6 Å². The molecule has 2 aliphatic rings. The number of hydrogen-bond acceptors (Lipinski definition) is 2. The largest absolute Gasteiger partial charge is 0.350 e. The normalized spacial score (nSPS) is 32.9. The van der Waals surface area contributed by atoms with Crippen molar-refractivity contribution >= 4 is 0 Å². The minimum absolute atomic E-state index is 0.0616. The minimum atomic E-state index is 0.0616. The van der Waals surface area contributed by atoms with Gasteiger partial charge in [0.25, 0.3) is 0 Å². The van der Waals surface area contributed by atoms with Crippen LogP contribution in [0, 0.1) is 5.92 Å². The fourth-order valence-corrected chi connectivity index (χ4v) is 1.69. The maximum absolute atomic E-state index is 5.42. The average molecular weight is 154 g/mol. The van der Waals surface area contributed by atoms with Crippen LogP contribution in [-0.2, 0) is 9.47 Å². The fourth-order valence-electron chi connectivity index (χ4n) is 1.69. The Bertz CT molecular complexity index is 148. The smallest absolute Gasteiger partial charge is 0.163 e. The van der Waals surface area contributed by atoms with Crippen molar-refractivity contribution in [1.82, 2.24) is 0 Å². The van der Waals surface area contributed by atoms with E-state index in [1.54, 1.807) is 0 Å². The highest BCUT2D eigenvalue weighted by molar-refractivity contribution is 4.94. The fraction of sp³-hybridized carbons (Fsp3) is 0.778. The molecule has 0 aromatic rings. The minimum Gasteiger partial charge on any atom is -0.350 e. The van der Waals surface area contributed by atoms with Gasteiger partial charge in [0.2, 0.25) is 0 Å². The molecule has 1 unspecified atom stereocenters. The molecule has 1 aliphatic heterocycles. The Hall–Kier alpha value is -0.340. The number of allylic oxidation sites excluding steroid dienone is 1. The van der Waals surface area contributed by atoms with Crippen molar-refractivity contribution in [2.24, 2.45) is 5.92 Å². The predicted octanol–water partition coefficient (Wildman–Crippen LogP) is 1.72. The number of rotatable bonds is 1. The van der Waals surface area contributed by atoms with Crippen LogP contribution in [0.2, 0.25) is 0 Å². The molecule has 1 heterocycles. The van der Waals surface area contributed by atoms with Gasteiger partial charge in [-0.1, -0.05) is 12.2 Å². The summed E-state index contributed by atoms with van der Waals surface area (Å²) in [5.41, 5.74) is 0. The lowest BCUT2D eigenvalue weighted by Gasteiger charge is -2.21. The van der Waals surface area contributed by atoms with E-state index < -0.39 is 0 Å². The van der Waals surface area contributed by atoms with Crippen LogP contribution in [0.3, 0.4) is 0 Å². The maximum atomic E-state index is 5.42. The van der Waals surface area contributed by atoms with Crippen molar-refractivity contribution in [1.29, 1.82) is 0 Å². The summed E-state index contributed by atoms with van der Waals surface area (Å²) in [6.07, 6.45) is 8.26. The van der Waals surface area contributed by atoms with Gasteiger partial charge < -0.3 is 9.47 Å². The summed E-state index contributed by atoms with van der Waals surface area (Å²) in [6, 6.07) is 0. The van der Waals surface area contributed by atoms with E-state index in [2.05, 4.69) is 12.2 Å². The third-order valence-electron chi connectivity index (χ3n) is 2.29. The van der Waals surface area contributed by atoms with Crippen LogP contribution in [0.15, 0.2) is 12.2 Å². The first-order valence-corrected chi connectivity index (χ1v) is 4.37. The van der Waals surface area contributed by atoms with Crippen LogP contribution < -0.4 is 0 Å². The maximum Gasteiger partial charge on any atom is 0.163 e. The third-order valence-corrected chi connectivity index (χ3v) is 2.29. The lowest BCUT2D eigenvalue weighted by Crippen LogP contribution is -2.20. The van der Waals surface area contributed by atoms with Crippen LogP contribution >= 0.6 is 0 Å². The summed E-state index contributed by atoms with van der Waals surface area (Å²) < 4.78 is 10.8. The Morgan fingerprint density at radius 3 is 2.64 bits per heavy atom. The van der Waals surface area contributed by atoms with E-state index in [1.165, 1.54) is 19.3 Å². The molecule has 2 heteroatoms. The van der Waals surface area contributed by atoms with E-state index in [0.717, 1.165) is 13.2 Å². The van der Waals surface area contributed by atoms with E-state index in [-0.39, 0.29) is 6.29 Å². The molecule has 62 valence electrons. The Balaban J connectivity index is 1.91. The first-order valence-electron chi connectivity index (χ1n) is 4.37. The number of hydrogen-bond donors (Lipinski definition) is 0. The quantitative estimate of drug-likeness (QED) is 0.535. The Kier molecular flexibility index (Phi) is 2.24. The second-order valence-corrected chi connectivity index (χ2v) is 3.13. The molecule has 1 aliphatic carbocycles. The van der Waals surface area contributed by atoms with Gasteiger partial charge in [0.05, 0.1) is 13.2 Å². The molecule has 1 saturated heterocycles. The van der Waals surface area contributed by atoms with Gasteiger partial charge in [0, 0.05) is 5.92 Å². The molecule has 0 spiro atoms. The molecule has 0 aromatic heterocycles.